The van der Waals surface area contributed by atoms with Crippen LogP contribution in [0.4, 0.5) is 19.0 Å². The van der Waals surface area contributed by atoms with Gasteiger partial charge in [-0.2, -0.15) is 0 Å². The molecule has 0 aliphatic carbocycles. The van der Waals surface area contributed by atoms with E-state index >= 15 is 0 Å². The van der Waals surface area contributed by atoms with Crippen molar-refractivity contribution in [3.8, 4) is 11.4 Å². The first-order valence-corrected chi connectivity index (χ1v) is 6.19. The van der Waals surface area contributed by atoms with E-state index in [0.717, 1.165) is 12.1 Å². The van der Waals surface area contributed by atoms with Crippen molar-refractivity contribution in [2.45, 2.75) is 0 Å². The van der Waals surface area contributed by atoms with Crippen LogP contribution in [0.5, 0.6) is 0 Å². The lowest BCUT2D eigenvalue weighted by Crippen LogP contribution is -2.00. The third-order valence-corrected chi connectivity index (χ3v) is 3.07. The Morgan fingerprint density at radius 3 is 2.33 bits per heavy atom. The maximum Gasteiger partial charge on any atom is 0.165 e. The van der Waals surface area contributed by atoms with E-state index in [2.05, 4.69) is 15.3 Å². The molecule has 0 aliphatic heterocycles. The second-order valence-corrected chi connectivity index (χ2v) is 4.43. The number of fused-ring (bicyclic) bond motifs is 1. The second-order valence-electron chi connectivity index (χ2n) is 4.43. The summed E-state index contributed by atoms with van der Waals surface area (Å²) in [6.07, 6.45) is 0. The molecule has 0 saturated heterocycles. The van der Waals surface area contributed by atoms with Crippen LogP contribution in [-0.2, 0) is 0 Å². The van der Waals surface area contributed by atoms with Gasteiger partial charge in [0, 0.05) is 24.6 Å². The van der Waals surface area contributed by atoms with Gasteiger partial charge in [0.2, 0.25) is 0 Å². The lowest BCUT2D eigenvalue weighted by Gasteiger charge is -2.09. The van der Waals surface area contributed by atoms with Crippen LogP contribution in [0.25, 0.3) is 22.3 Å². The highest BCUT2D eigenvalue weighted by Gasteiger charge is 2.13. The molecule has 0 saturated carbocycles. The third kappa shape index (κ3) is 2.40. The van der Waals surface area contributed by atoms with Crippen molar-refractivity contribution in [3.63, 3.8) is 0 Å². The van der Waals surface area contributed by atoms with E-state index in [4.69, 9.17) is 0 Å². The molecule has 1 N–H and O–H groups in total. The number of hydrogen-bond donors (Lipinski definition) is 1. The molecule has 2 aromatic carbocycles. The molecule has 0 amide bonds. The topological polar surface area (TPSA) is 37.8 Å². The molecule has 0 fully saturated rings. The summed E-state index contributed by atoms with van der Waals surface area (Å²) in [5.41, 5.74) is 0.395. The van der Waals surface area contributed by atoms with Crippen molar-refractivity contribution >= 4 is 16.7 Å². The first-order chi connectivity index (χ1) is 10.1. The van der Waals surface area contributed by atoms with E-state index in [9.17, 15) is 13.2 Å². The summed E-state index contributed by atoms with van der Waals surface area (Å²) in [6.45, 7) is 0. The zero-order valence-electron chi connectivity index (χ0n) is 11.0. The summed E-state index contributed by atoms with van der Waals surface area (Å²) in [5.74, 6) is -1.40. The van der Waals surface area contributed by atoms with Gasteiger partial charge in [-0.15, -0.1) is 0 Å². The third-order valence-electron chi connectivity index (χ3n) is 3.07. The zero-order valence-corrected chi connectivity index (χ0v) is 11.0. The van der Waals surface area contributed by atoms with Crippen molar-refractivity contribution in [2.24, 2.45) is 0 Å². The van der Waals surface area contributed by atoms with E-state index in [1.165, 1.54) is 18.2 Å². The first kappa shape index (κ1) is 13.4. The van der Waals surface area contributed by atoms with Crippen molar-refractivity contribution in [2.75, 3.05) is 12.4 Å². The van der Waals surface area contributed by atoms with Gasteiger partial charge >= 0.3 is 0 Å². The van der Waals surface area contributed by atoms with E-state index in [1.54, 1.807) is 13.1 Å². The van der Waals surface area contributed by atoms with E-state index in [0.29, 0.717) is 16.7 Å². The molecule has 0 atom stereocenters. The Morgan fingerprint density at radius 1 is 0.905 bits per heavy atom. The Morgan fingerprint density at radius 2 is 1.62 bits per heavy atom. The SMILES string of the molecule is CNc1nc(-c2ccc(F)cc2F)nc2cc(F)ccc12. The molecule has 0 spiro atoms. The number of aromatic nitrogens is 2. The van der Waals surface area contributed by atoms with Gasteiger partial charge in [-0.05, 0) is 24.3 Å². The largest absolute Gasteiger partial charge is 0.373 e. The standard InChI is InChI=1S/C15H10F3N3/c1-19-14-11-5-3-9(17)7-13(11)20-15(21-14)10-4-2-8(16)6-12(10)18/h2-7H,1H3,(H,19,20,21). The molecule has 0 aliphatic rings. The van der Waals surface area contributed by atoms with Gasteiger partial charge in [0.1, 0.15) is 23.3 Å². The van der Waals surface area contributed by atoms with Gasteiger partial charge in [-0.25, -0.2) is 23.1 Å². The first-order valence-electron chi connectivity index (χ1n) is 6.19. The molecule has 6 heteroatoms. The predicted octanol–water partition coefficient (Wildman–Crippen LogP) is 3.76. The molecule has 106 valence electrons. The fraction of sp³-hybridized carbons (Fsp3) is 0.0667. The van der Waals surface area contributed by atoms with Gasteiger partial charge < -0.3 is 5.32 Å². The molecule has 0 unspecified atom stereocenters. The molecule has 1 aromatic heterocycles. The monoisotopic (exact) mass is 289 g/mol. The van der Waals surface area contributed by atoms with Crippen molar-refractivity contribution in [1.82, 2.24) is 9.97 Å². The Kier molecular flexibility index (Phi) is 3.21. The van der Waals surface area contributed by atoms with Gasteiger partial charge in [0.05, 0.1) is 11.1 Å². The summed E-state index contributed by atoms with van der Waals surface area (Å²) in [4.78, 5) is 8.35. The van der Waals surface area contributed by atoms with Gasteiger partial charge in [0.25, 0.3) is 0 Å². The van der Waals surface area contributed by atoms with Gasteiger partial charge in [0.15, 0.2) is 5.82 Å². The predicted molar refractivity (Wildman–Crippen MR) is 74.4 cm³/mol. The molecule has 0 radical (unpaired) electrons. The highest BCUT2D eigenvalue weighted by molar-refractivity contribution is 5.90. The minimum Gasteiger partial charge on any atom is -0.373 e. The number of rotatable bonds is 2. The smallest absolute Gasteiger partial charge is 0.165 e. The molecule has 3 nitrogen and oxygen atoms in total. The summed E-state index contributed by atoms with van der Waals surface area (Å²) in [6, 6.07) is 7.21. The van der Waals surface area contributed by atoms with Crippen LogP contribution >= 0.6 is 0 Å². The summed E-state index contributed by atoms with van der Waals surface area (Å²) < 4.78 is 40.1. The van der Waals surface area contributed by atoms with E-state index < -0.39 is 17.5 Å². The van der Waals surface area contributed by atoms with Crippen molar-refractivity contribution in [1.29, 1.82) is 0 Å². The minimum absolute atomic E-state index is 0.0547. The Bertz CT molecular complexity index is 834. The number of hydrogen-bond acceptors (Lipinski definition) is 3. The lowest BCUT2D eigenvalue weighted by atomic mass is 10.1. The van der Waals surface area contributed by atoms with Crippen LogP contribution in [0.1, 0.15) is 0 Å². The van der Waals surface area contributed by atoms with Gasteiger partial charge in [-0.3, -0.25) is 0 Å². The van der Waals surface area contributed by atoms with Crippen LogP contribution in [0.2, 0.25) is 0 Å². The van der Waals surface area contributed by atoms with Crippen molar-refractivity contribution in [3.05, 3.63) is 53.8 Å². The zero-order chi connectivity index (χ0) is 15.0. The van der Waals surface area contributed by atoms with Gasteiger partial charge in [-0.1, -0.05) is 0 Å². The molecule has 3 aromatic rings. The highest BCUT2D eigenvalue weighted by atomic mass is 19.1. The van der Waals surface area contributed by atoms with Crippen LogP contribution in [0, 0.1) is 17.5 Å². The summed E-state index contributed by atoms with van der Waals surface area (Å²) in [5, 5.41) is 3.48. The average Bonchev–Trinajstić information content (AvgIpc) is 2.45. The fourth-order valence-electron chi connectivity index (χ4n) is 2.08. The number of nitrogens with zero attached hydrogens (tertiary/aromatic N) is 2. The van der Waals surface area contributed by atoms with Crippen LogP contribution in [0.15, 0.2) is 36.4 Å². The summed E-state index contributed by atoms with van der Waals surface area (Å²) >= 11 is 0. The molecule has 1 heterocycles. The normalized spacial score (nSPS) is 10.9. The van der Waals surface area contributed by atoms with E-state index in [-0.39, 0.29) is 11.4 Å². The Labute approximate surface area is 118 Å². The molecule has 0 bridgehead atoms. The highest BCUT2D eigenvalue weighted by Crippen LogP contribution is 2.27. The maximum atomic E-state index is 13.8. The lowest BCUT2D eigenvalue weighted by molar-refractivity contribution is 0.585. The van der Waals surface area contributed by atoms with Crippen LogP contribution < -0.4 is 5.32 Å². The van der Waals surface area contributed by atoms with E-state index in [1.807, 2.05) is 0 Å². The number of anilines is 1. The molecule has 3 rings (SSSR count). The minimum atomic E-state index is -0.771. The number of halogens is 3. The maximum absolute atomic E-state index is 13.8. The summed E-state index contributed by atoms with van der Waals surface area (Å²) in [7, 11) is 1.65. The van der Waals surface area contributed by atoms with Crippen LogP contribution in [-0.4, -0.2) is 17.0 Å². The second kappa shape index (κ2) is 5.05. The Balaban J connectivity index is 2.27. The van der Waals surface area contributed by atoms with Crippen molar-refractivity contribution < 1.29 is 13.2 Å². The average molecular weight is 289 g/mol. The molecule has 21 heavy (non-hydrogen) atoms. The Hall–Kier alpha value is -2.63. The fourth-order valence-corrected chi connectivity index (χ4v) is 2.08. The number of benzene rings is 2. The quantitative estimate of drug-likeness (QED) is 0.780. The molecular weight excluding hydrogens is 279 g/mol. The van der Waals surface area contributed by atoms with Crippen LogP contribution in [0.3, 0.4) is 0 Å². The molecular formula is C15H10F3N3. The number of nitrogens with one attached hydrogen (secondary N) is 1.